The van der Waals surface area contributed by atoms with Gasteiger partial charge in [0.1, 0.15) is 11.5 Å². The third-order valence-electron chi connectivity index (χ3n) is 6.01. The second-order valence-corrected chi connectivity index (χ2v) is 7.92. The third-order valence-corrected chi connectivity index (χ3v) is 6.01. The minimum Gasteiger partial charge on any atom is -0.368 e. The van der Waals surface area contributed by atoms with Gasteiger partial charge in [-0.3, -0.25) is 9.78 Å². The number of amides is 1. The van der Waals surface area contributed by atoms with E-state index in [1.165, 1.54) is 5.56 Å². The number of hydrogen-bond acceptors (Lipinski definition) is 5. The van der Waals surface area contributed by atoms with Crippen LogP contribution in [0.1, 0.15) is 23.0 Å². The number of pyridine rings is 2. The van der Waals surface area contributed by atoms with Crippen molar-refractivity contribution in [2.45, 2.75) is 19.4 Å². The highest BCUT2D eigenvalue weighted by molar-refractivity contribution is 6.07. The number of carbonyl (C=O) groups is 1. The van der Waals surface area contributed by atoms with Gasteiger partial charge in [-0.25, -0.2) is 4.98 Å². The number of para-hydroxylation sites is 1. The van der Waals surface area contributed by atoms with E-state index in [1.807, 2.05) is 59.6 Å². The van der Waals surface area contributed by atoms with Gasteiger partial charge in [-0.1, -0.05) is 24.3 Å². The van der Waals surface area contributed by atoms with Crippen molar-refractivity contribution in [1.82, 2.24) is 9.97 Å². The van der Waals surface area contributed by atoms with Gasteiger partial charge in [-0.2, -0.15) is 0 Å². The summed E-state index contributed by atoms with van der Waals surface area (Å²) in [5, 5.41) is 0. The largest absolute Gasteiger partial charge is 0.368 e. The van der Waals surface area contributed by atoms with Crippen LogP contribution < -0.4 is 14.7 Å². The molecule has 0 saturated carbocycles. The quantitative estimate of drug-likeness (QED) is 0.676. The Labute approximate surface area is 176 Å². The number of aromatic nitrogens is 2. The van der Waals surface area contributed by atoms with Gasteiger partial charge < -0.3 is 14.7 Å². The minimum atomic E-state index is -0.0265. The molecule has 1 aromatic carbocycles. The average Bonchev–Trinajstić information content (AvgIpc) is 3.15. The molecule has 0 spiro atoms. The van der Waals surface area contributed by atoms with Gasteiger partial charge in [-0.15, -0.1) is 0 Å². The summed E-state index contributed by atoms with van der Waals surface area (Å²) in [6.07, 6.45) is 4.47. The maximum absolute atomic E-state index is 13.3. The molecule has 0 aliphatic carbocycles. The molecular formula is C24H25N5O. The average molecular weight is 399 g/mol. The molecule has 2 aromatic heterocycles. The van der Waals surface area contributed by atoms with Crippen molar-refractivity contribution in [3.63, 3.8) is 0 Å². The maximum atomic E-state index is 13.3. The van der Waals surface area contributed by atoms with Crippen LogP contribution in [0.25, 0.3) is 0 Å². The summed E-state index contributed by atoms with van der Waals surface area (Å²) in [5.41, 5.74) is 3.78. The van der Waals surface area contributed by atoms with Crippen molar-refractivity contribution in [1.29, 1.82) is 0 Å². The summed E-state index contributed by atoms with van der Waals surface area (Å²) >= 11 is 0. The second kappa shape index (κ2) is 7.78. The molecule has 0 bridgehead atoms. The molecule has 6 heteroatoms. The van der Waals surface area contributed by atoms with Crippen LogP contribution in [0.2, 0.25) is 0 Å². The molecule has 2 aliphatic heterocycles. The first-order valence-corrected chi connectivity index (χ1v) is 10.5. The van der Waals surface area contributed by atoms with Crippen LogP contribution in [0.15, 0.2) is 67.0 Å². The Kier molecular flexibility index (Phi) is 4.83. The van der Waals surface area contributed by atoms with E-state index in [1.54, 1.807) is 6.20 Å². The Balaban J connectivity index is 1.32. The number of rotatable bonds is 3. The van der Waals surface area contributed by atoms with Crippen molar-refractivity contribution in [3.8, 4) is 0 Å². The van der Waals surface area contributed by atoms with Crippen LogP contribution in [0.3, 0.4) is 0 Å². The number of anilines is 3. The lowest BCUT2D eigenvalue weighted by atomic mass is 10.1. The zero-order valence-corrected chi connectivity index (χ0v) is 17.1. The number of benzene rings is 1. The zero-order valence-electron chi connectivity index (χ0n) is 17.1. The molecule has 0 radical (unpaired) electrons. The molecule has 6 nitrogen and oxygen atoms in total. The molecule has 1 atom stereocenters. The molecular weight excluding hydrogens is 374 g/mol. The normalized spacial score (nSPS) is 18.4. The SMILES string of the molecule is CC1Cc2ccccc2N1C(=O)c1cc(N2CCN(c3ccccn3)CC2)ccn1. The standard InChI is InChI=1S/C24H25N5O/c1-18-16-19-6-2-3-7-22(19)29(18)24(30)21-17-20(9-11-25-21)27-12-14-28(15-13-27)23-8-4-5-10-26-23/h2-11,17-18H,12-16H2,1H3. The van der Waals surface area contributed by atoms with Gasteiger partial charge in [-0.05, 0) is 49.2 Å². The highest BCUT2D eigenvalue weighted by Gasteiger charge is 2.32. The van der Waals surface area contributed by atoms with E-state index in [0.717, 1.165) is 49.8 Å². The first-order valence-electron chi connectivity index (χ1n) is 10.5. The van der Waals surface area contributed by atoms with E-state index < -0.39 is 0 Å². The van der Waals surface area contributed by atoms with Crippen LogP contribution in [-0.4, -0.2) is 48.1 Å². The number of carbonyl (C=O) groups excluding carboxylic acids is 1. The molecule has 1 amide bonds. The molecule has 4 heterocycles. The van der Waals surface area contributed by atoms with Gasteiger partial charge >= 0.3 is 0 Å². The van der Waals surface area contributed by atoms with E-state index in [0.29, 0.717) is 5.69 Å². The molecule has 0 N–H and O–H groups in total. The van der Waals surface area contributed by atoms with Crippen LogP contribution in [0.4, 0.5) is 17.2 Å². The van der Waals surface area contributed by atoms with E-state index in [-0.39, 0.29) is 11.9 Å². The minimum absolute atomic E-state index is 0.0265. The Morgan fingerprint density at radius 1 is 0.900 bits per heavy atom. The van der Waals surface area contributed by atoms with Crippen molar-refractivity contribution >= 4 is 23.1 Å². The van der Waals surface area contributed by atoms with Crippen LogP contribution >= 0.6 is 0 Å². The van der Waals surface area contributed by atoms with Crippen molar-refractivity contribution < 1.29 is 4.79 Å². The van der Waals surface area contributed by atoms with Crippen molar-refractivity contribution in [2.75, 3.05) is 40.9 Å². The molecule has 3 aromatic rings. The van der Waals surface area contributed by atoms with E-state index in [4.69, 9.17) is 0 Å². The van der Waals surface area contributed by atoms with E-state index in [2.05, 4.69) is 32.8 Å². The van der Waals surface area contributed by atoms with Gasteiger partial charge in [0.05, 0.1) is 0 Å². The van der Waals surface area contributed by atoms with E-state index >= 15 is 0 Å². The molecule has 1 fully saturated rings. The summed E-state index contributed by atoms with van der Waals surface area (Å²) < 4.78 is 0. The monoisotopic (exact) mass is 399 g/mol. The smallest absolute Gasteiger partial charge is 0.277 e. The lowest BCUT2D eigenvalue weighted by molar-refractivity contribution is 0.0976. The first-order chi connectivity index (χ1) is 14.7. The fourth-order valence-electron chi connectivity index (χ4n) is 4.47. The van der Waals surface area contributed by atoms with Gasteiger partial charge in [0.15, 0.2) is 0 Å². The third kappa shape index (κ3) is 3.38. The Bertz CT molecular complexity index is 1050. The summed E-state index contributed by atoms with van der Waals surface area (Å²) in [6, 6.07) is 18.2. The lowest BCUT2D eigenvalue weighted by Gasteiger charge is -2.36. The summed E-state index contributed by atoms with van der Waals surface area (Å²) in [6.45, 7) is 5.67. The van der Waals surface area contributed by atoms with Gasteiger partial charge in [0.25, 0.3) is 5.91 Å². The molecule has 1 saturated heterocycles. The number of fused-ring (bicyclic) bond motifs is 1. The van der Waals surface area contributed by atoms with Crippen molar-refractivity contribution in [2.24, 2.45) is 0 Å². The Hall–Kier alpha value is -3.41. The fraction of sp³-hybridized carbons (Fsp3) is 0.292. The van der Waals surface area contributed by atoms with E-state index in [9.17, 15) is 4.79 Å². The Morgan fingerprint density at radius 2 is 1.67 bits per heavy atom. The molecule has 152 valence electrons. The summed E-state index contributed by atoms with van der Waals surface area (Å²) in [5.74, 6) is 0.992. The topological polar surface area (TPSA) is 52.6 Å². The second-order valence-electron chi connectivity index (χ2n) is 7.92. The van der Waals surface area contributed by atoms with Crippen LogP contribution in [0, 0.1) is 0 Å². The predicted molar refractivity (Wildman–Crippen MR) is 119 cm³/mol. The Morgan fingerprint density at radius 3 is 2.47 bits per heavy atom. The van der Waals surface area contributed by atoms with Crippen LogP contribution in [-0.2, 0) is 6.42 Å². The van der Waals surface area contributed by atoms with Gasteiger partial charge in [0, 0.05) is 56.0 Å². The summed E-state index contributed by atoms with van der Waals surface area (Å²) in [7, 11) is 0. The highest BCUT2D eigenvalue weighted by Crippen LogP contribution is 2.33. The number of hydrogen-bond donors (Lipinski definition) is 0. The lowest BCUT2D eigenvalue weighted by Crippen LogP contribution is -2.47. The van der Waals surface area contributed by atoms with Gasteiger partial charge in [0.2, 0.25) is 0 Å². The molecule has 5 rings (SSSR count). The highest BCUT2D eigenvalue weighted by atomic mass is 16.2. The molecule has 1 unspecified atom stereocenters. The summed E-state index contributed by atoms with van der Waals surface area (Å²) in [4.78, 5) is 28.7. The maximum Gasteiger partial charge on any atom is 0.277 e. The fourth-order valence-corrected chi connectivity index (χ4v) is 4.47. The van der Waals surface area contributed by atoms with Crippen LogP contribution in [0.5, 0.6) is 0 Å². The first kappa shape index (κ1) is 18.6. The predicted octanol–water partition coefficient (Wildman–Crippen LogP) is 3.39. The molecule has 2 aliphatic rings. The number of piperazine rings is 1. The number of nitrogens with zero attached hydrogens (tertiary/aromatic N) is 5. The molecule has 30 heavy (non-hydrogen) atoms. The van der Waals surface area contributed by atoms with Crippen molar-refractivity contribution in [3.05, 3.63) is 78.2 Å². The zero-order chi connectivity index (χ0) is 20.5.